The molecule has 0 spiro atoms. The van der Waals surface area contributed by atoms with Gasteiger partial charge in [0.1, 0.15) is 5.54 Å². The zero-order valence-corrected chi connectivity index (χ0v) is 13.0. The lowest BCUT2D eigenvalue weighted by molar-refractivity contribution is 0.490. The molecular weight excluding hydrogens is 280 g/mol. The molecule has 0 fully saturated rings. The summed E-state index contributed by atoms with van der Waals surface area (Å²) >= 11 is 1.49. The van der Waals surface area contributed by atoms with Crippen LogP contribution < -0.4 is 5.32 Å². The fourth-order valence-electron chi connectivity index (χ4n) is 2.03. The molecule has 4 nitrogen and oxygen atoms in total. The molecule has 1 atom stereocenters. The maximum atomic E-state index is 9.72. The van der Waals surface area contributed by atoms with Crippen molar-refractivity contribution >= 4 is 11.8 Å². The monoisotopic (exact) mass is 298 g/mol. The third-order valence-corrected chi connectivity index (χ3v) is 4.16. The van der Waals surface area contributed by atoms with Gasteiger partial charge in [0.15, 0.2) is 5.16 Å². The highest BCUT2D eigenvalue weighted by molar-refractivity contribution is 7.99. The largest absolute Gasteiger partial charge is 0.295 e. The minimum atomic E-state index is -0.727. The second kappa shape index (κ2) is 7.21. The highest BCUT2D eigenvalue weighted by Gasteiger charge is 2.31. The molecule has 0 amide bonds. The Morgan fingerprint density at radius 1 is 1.24 bits per heavy atom. The topological polar surface area (TPSA) is 61.6 Å². The maximum absolute atomic E-state index is 9.72. The van der Waals surface area contributed by atoms with Crippen molar-refractivity contribution in [1.82, 2.24) is 15.3 Å². The molecule has 0 aliphatic carbocycles. The molecular formula is C16H18N4S. The number of nitrogens with one attached hydrogen (secondary N) is 1. The van der Waals surface area contributed by atoms with E-state index in [1.54, 1.807) is 12.4 Å². The van der Waals surface area contributed by atoms with Gasteiger partial charge in [0, 0.05) is 18.1 Å². The van der Waals surface area contributed by atoms with Gasteiger partial charge < -0.3 is 0 Å². The molecule has 1 aromatic carbocycles. The number of aryl methyl sites for hydroxylation is 1. The van der Waals surface area contributed by atoms with Crippen LogP contribution in [-0.2, 0) is 5.54 Å². The Morgan fingerprint density at radius 2 is 1.90 bits per heavy atom. The van der Waals surface area contributed by atoms with E-state index >= 15 is 0 Å². The lowest BCUT2D eigenvalue weighted by Gasteiger charge is -2.27. The van der Waals surface area contributed by atoms with Crippen molar-refractivity contribution in [1.29, 1.82) is 5.26 Å². The van der Waals surface area contributed by atoms with Crippen LogP contribution in [0.4, 0.5) is 0 Å². The summed E-state index contributed by atoms with van der Waals surface area (Å²) in [5.41, 5.74) is 1.27. The summed E-state index contributed by atoms with van der Waals surface area (Å²) in [5.74, 6) is 0.560. The molecule has 0 aliphatic rings. The zero-order valence-electron chi connectivity index (χ0n) is 12.2. The summed E-state index contributed by atoms with van der Waals surface area (Å²) in [4.78, 5) is 8.57. The molecule has 0 aliphatic heterocycles. The summed E-state index contributed by atoms with van der Waals surface area (Å²) in [5, 5.41) is 13.7. The minimum Gasteiger partial charge on any atom is -0.295 e. The Kier molecular flexibility index (Phi) is 5.32. The fraction of sp³-hybridized carbons (Fsp3) is 0.312. The summed E-state index contributed by atoms with van der Waals surface area (Å²) < 4.78 is 0. The predicted octanol–water partition coefficient (Wildman–Crippen LogP) is 2.91. The van der Waals surface area contributed by atoms with Gasteiger partial charge in [-0.1, -0.05) is 49.0 Å². The zero-order chi connectivity index (χ0) is 15.1. The van der Waals surface area contributed by atoms with E-state index in [4.69, 9.17) is 0 Å². The van der Waals surface area contributed by atoms with E-state index < -0.39 is 5.54 Å². The van der Waals surface area contributed by atoms with Crippen LogP contribution in [0.2, 0.25) is 0 Å². The molecule has 2 aromatic rings. The van der Waals surface area contributed by atoms with Gasteiger partial charge >= 0.3 is 0 Å². The van der Waals surface area contributed by atoms with Crippen LogP contribution in [0.15, 0.2) is 47.9 Å². The average molecular weight is 298 g/mol. The molecule has 0 saturated heterocycles. The van der Waals surface area contributed by atoms with Crippen LogP contribution in [0, 0.1) is 18.3 Å². The average Bonchev–Trinajstić information content (AvgIpc) is 2.54. The van der Waals surface area contributed by atoms with Crippen LogP contribution in [0.25, 0.3) is 0 Å². The fourth-order valence-corrected chi connectivity index (χ4v) is 2.96. The van der Waals surface area contributed by atoms with E-state index in [0.717, 1.165) is 17.7 Å². The van der Waals surface area contributed by atoms with E-state index in [0.29, 0.717) is 10.9 Å². The van der Waals surface area contributed by atoms with Crippen molar-refractivity contribution in [2.75, 3.05) is 12.3 Å². The van der Waals surface area contributed by atoms with Crippen molar-refractivity contribution in [3.05, 3.63) is 53.9 Å². The van der Waals surface area contributed by atoms with Crippen LogP contribution >= 0.6 is 11.8 Å². The Morgan fingerprint density at radius 3 is 2.48 bits per heavy atom. The molecule has 1 aromatic heterocycles. The Hall–Kier alpha value is -1.90. The first-order chi connectivity index (χ1) is 10.2. The molecule has 0 saturated carbocycles. The van der Waals surface area contributed by atoms with Crippen molar-refractivity contribution in [3.63, 3.8) is 0 Å². The lowest BCUT2D eigenvalue weighted by Crippen LogP contribution is -2.43. The number of aromatic nitrogens is 2. The molecule has 0 bridgehead atoms. The molecule has 1 N–H and O–H groups in total. The number of nitrogens with zero attached hydrogens (tertiary/aromatic N) is 3. The van der Waals surface area contributed by atoms with E-state index in [1.165, 1.54) is 11.8 Å². The SMILES string of the molecule is CCNC(C#N)(CSc1ncc(C)cn1)c1ccccc1. The van der Waals surface area contributed by atoms with Gasteiger partial charge in [-0.2, -0.15) is 5.26 Å². The van der Waals surface area contributed by atoms with E-state index in [9.17, 15) is 5.26 Å². The summed E-state index contributed by atoms with van der Waals surface area (Å²) in [6, 6.07) is 12.2. The molecule has 21 heavy (non-hydrogen) atoms. The first-order valence-electron chi connectivity index (χ1n) is 6.83. The molecule has 1 heterocycles. The summed E-state index contributed by atoms with van der Waals surface area (Å²) in [7, 11) is 0. The lowest BCUT2D eigenvalue weighted by atomic mass is 9.93. The molecule has 2 rings (SSSR count). The number of hydrogen-bond acceptors (Lipinski definition) is 5. The number of hydrogen-bond donors (Lipinski definition) is 1. The summed E-state index contributed by atoms with van der Waals surface area (Å²) in [6.07, 6.45) is 3.58. The standard InChI is InChI=1S/C16H18N4S/c1-3-20-16(11-17,14-7-5-4-6-8-14)12-21-15-18-9-13(2)10-19-15/h4-10,20H,3,12H2,1-2H3. The van der Waals surface area contributed by atoms with Crippen molar-refractivity contribution in [2.24, 2.45) is 0 Å². The van der Waals surface area contributed by atoms with Gasteiger partial charge in [0.05, 0.1) is 6.07 Å². The highest BCUT2D eigenvalue weighted by Crippen LogP contribution is 2.27. The molecule has 0 radical (unpaired) electrons. The van der Waals surface area contributed by atoms with Gasteiger partial charge in [-0.3, -0.25) is 5.32 Å². The van der Waals surface area contributed by atoms with Gasteiger partial charge in [0.25, 0.3) is 0 Å². The predicted molar refractivity (Wildman–Crippen MR) is 84.9 cm³/mol. The first kappa shape index (κ1) is 15.5. The number of rotatable bonds is 6. The Labute approximate surface area is 129 Å². The van der Waals surface area contributed by atoms with Crippen LogP contribution in [0.1, 0.15) is 18.1 Å². The third kappa shape index (κ3) is 3.81. The number of nitriles is 1. The van der Waals surface area contributed by atoms with Crippen molar-refractivity contribution in [3.8, 4) is 6.07 Å². The van der Waals surface area contributed by atoms with Gasteiger partial charge in [0.2, 0.25) is 0 Å². The van der Waals surface area contributed by atoms with Crippen LogP contribution in [-0.4, -0.2) is 22.3 Å². The number of benzene rings is 1. The molecule has 108 valence electrons. The highest BCUT2D eigenvalue weighted by atomic mass is 32.2. The quantitative estimate of drug-likeness (QED) is 0.656. The summed E-state index contributed by atoms with van der Waals surface area (Å²) in [6.45, 7) is 4.68. The van der Waals surface area contributed by atoms with Gasteiger partial charge in [-0.05, 0) is 24.6 Å². The van der Waals surface area contributed by atoms with Crippen molar-refractivity contribution in [2.45, 2.75) is 24.5 Å². The van der Waals surface area contributed by atoms with Crippen LogP contribution in [0.3, 0.4) is 0 Å². The normalized spacial score (nSPS) is 13.4. The smallest absolute Gasteiger partial charge is 0.187 e. The van der Waals surface area contributed by atoms with Gasteiger partial charge in [-0.15, -0.1) is 0 Å². The van der Waals surface area contributed by atoms with Gasteiger partial charge in [-0.25, -0.2) is 9.97 Å². The first-order valence-corrected chi connectivity index (χ1v) is 7.82. The Bertz CT molecular complexity index is 606. The second-order valence-electron chi connectivity index (χ2n) is 4.75. The maximum Gasteiger partial charge on any atom is 0.187 e. The van der Waals surface area contributed by atoms with E-state index in [1.807, 2.05) is 44.2 Å². The molecule has 5 heteroatoms. The van der Waals surface area contributed by atoms with E-state index in [2.05, 4.69) is 21.4 Å². The van der Waals surface area contributed by atoms with Crippen molar-refractivity contribution < 1.29 is 0 Å². The van der Waals surface area contributed by atoms with Crippen LogP contribution in [0.5, 0.6) is 0 Å². The van der Waals surface area contributed by atoms with E-state index in [-0.39, 0.29) is 0 Å². The Balaban J connectivity index is 2.21. The molecule has 1 unspecified atom stereocenters. The third-order valence-electron chi connectivity index (χ3n) is 3.11. The number of thioether (sulfide) groups is 1. The second-order valence-corrected chi connectivity index (χ2v) is 5.69. The minimum absolute atomic E-state index is 0.560.